The van der Waals surface area contributed by atoms with Gasteiger partial charge in [0.2, 0.25) is 0 Å². The summed E-state index contributed by atoms with van der Waals surface area (Å²) in [6.07, 6.45) is 2.66. The highest BCUT2D eigenvalue weighted by Gasteiger charge is 2.26. The van der Waals surface area contributed by atoms with Gasteiger partial charge in [-0.15, -0.1) is 11.3 Å². The number of carbonyl (C=O) groups is 1. The van der Waals surface area contributed by atoms with Crippen molar-refractivity contribution in [3.8, 4) is 0 Å². The molecule has 2 atom stereocenters. The minimum atomic E-state index is -0.498. The highest BCUT2D eigenvalue weighted by molar-refractivity contribution is 7.17. The van der Waals surface area contributed by atoms with Crippen LogP contribution in [0, 0.1) is 5.82 Å². The topological polar surface area (TPSA) is 29.5 Å². The lowest BCUT2D eigenvalue weighted by Gasteiger charge is -2.31. The summed E-state index contributed by atoms with van der Waals surface area (Å²) in [4.78, 5) is 14.0. The van der Waals surface area contributed by atoms with Crippen LogP contribution in [0.4, 0.5) is 9.18 Å². The van der Waals surface area contributed by atoms with Crippen LogP contribution in [0.1, 0.15) is 65.4 Å². The zero-order valence-corrected chi connectivity index (χ0v) is 17.5. The van der Waals surface area contributed by atoms with Gasteiger partial charge in [-0.25, -0.2) is 9.18 Å². The number of hydrogen-bond donors (Lipinski definition) is 0. The molecule has 1 amide bonds. The van der Waals surface area contributed by atoms with Crippen LogP contribution >= 0.6 is 11.3 Å². The molecule has 0 spiro atoms. The SMILES string of the molecule is CCCC(CC(C)N(C)C(=O)OC(C)(C)C)c1csc2cc(F)ccc12. The van der Waals surface area contributed by atoms with Crippen LogP contribution in [0.3, 0.4) is 0 Å². The molecule has 0 aliphatic carbocycles. The van der Waals surface area contributed by atoms with Crippen molar-refractivity contribution in [3.63, 3.8) is 0 Å². The summed E-state index contributed by atoms with van der Waals surface area (Å²) in [6.45, 7) is 9.85. The van der Waals surface area contributed by atoms with Gasteiger partial charge in [-0.1, -0.05) is 19.4 Å². The maximum Gasteiger partial charge on any atom is 0.410 e. The molecule has 0 saturated carbocycles. The largest absolute Gasteiger partial charge is 0.444 e. The van der Waals surface area contributed by atoms with Gasteiger partial charge in [-0.2, -0.15) is 0 Å². The van der Waals surface area contributed by atoms with Crippen molar-refractivity contribution >= 4 is 27.5 Å². The Hall–Kier alpha value is -1.62. The molecule has 2 unspecified atom stereocenters. The highest BCUT2D eigenvalue weighted by atomic mass is 32.1. The van der Waals surface area contributed by atoms with Gasteiger partial charge in [-0.3, -0.25) is 0 Å². The lowest BCUT2D eigenvalue weighted by Crippen LogP contribution is -2.40. The second-order valence-corrected chi connectivity index (χ2v) is 8.90. The van der Waals surface area contributed by atoms with Gasteiger partial charge in [0.15, 0.2) is 0 Å². The quantitative estimate of drug-likeness (QED) is 0.568. The van der Waals surface area contributed by atoms with Crippen molar-refractivity contribution in [3.05, 3.63) is 35.0 Å². The molecule has 2 rings (SSSR count). The summed E-state index contributed by atoms with van der Waals surface area (Å²) in [7, 11) is 1.79. The minimum Gasteiger partial charge on any atom is -0.444 e. The number of ether oxygens (including phenoxy) is 1. The minimum absolute atomic E-state index is 0.0526. The summed E-state index contributed by atoms with van der Waals surface area (Å²) < 4.78 is 19.9. The Bertz CT molecular complexity index is 750. The van der Waals surface area contributed by atoms with E-state index in [9.17, 15) is 9.18 Å². The molecule has 144 valence electrons. The molecule has 1 heterocycles. The van der Waals surface area contributed by atoms with E-state index in [1.54, 1.807) is 29.4 Å². The summed E-state index contributed by atoms with van der Waals surface area (Å²) >= 11 is 1.59. The molecule has 0 N–H and O–H groups in total. The number of benzene rings is 1. The molecule has 3 nitrogen and oxygen atoms in total. The fourth-order valence-electron chi connectivity index (χ4n) is 3.17. The zero-order valence-electron chi connectivity index (χ0n) is 16.6. The second-order valence-electron chi connectivity index (χ2n) is 7.99. The third-order valence-electron chi connectivity index (χ3n) is 4.61. The number of rotatable bonds is 6. The van der Waals surface area contributed by atoms with Gasteiger partial charge < -0.3 is 9.64 Å². The first-order valence-corrected chi connectivity index (χ1v) is 10.1. The van der Waals surface area contributed by atoms with E-state index in [0.29, 0.717) is 5.92 Å². The summed E-state index contributed by atoms with van der Waals surface area (Å²) in [5.41, 5.74) is 0.762. The molecule has 0 fully saturated rings. The van der Waals surface area contributed by atoms with Crippen LogP contribution in [0.15, 0.2) is 23.6 Å². The van der Waals surface area contributed by atoms with Crippen LogP contribution < -0.4 is 0 Å². The van der Waals surface area contributed by atoms with Crippen LogP contribution in [0.25, 0.3) is 10.1 Å². The molecule has 1 aromatic carbocycles. The van der Waals surface area contributed by atoms with Crippen LogP contribution in [-0.4, -0.2) is 29.7 Å². The van der Waals surface area contributed by atoms with E-state index in [2.05, 4.69) is 19.2 Å². The predicted molar refractivity (Wildman–Crippen MR) is 108 cm³/mol. The number of fused-ring (bicyclic) bond motifs is 1. The van der Waals surface area contributed by atoms with Gasteiger partial charge >= 0.3 is 6.09 Å². The first kappa shape index (κ1) is 20.7. The monoisotopic (exact) mass is 379 g/mol. The maximum absolute atomic E-state index is 13.5. The summed E-state index contributed by atoms with van der Waals surface area (Å²) in [5, 5.41) is 3.27. The Morgan fingerprint density at radius 3 is 2.65 bits per heavy atom. The lowest BCUT2D eigenvalue weighted by atomic mass is 9.88. The lowest BCUT2D eigenvalue weighted by molar-refractivity contribution is 0.0223. The third-order valence-corrected chi connectivity index (χ3v) is 5.58. The van der Waals surface area contributed by atoms with Gasteiger partial charge in [0.05, 0.1) is 0 Å². The number of hydrogen-bond acceptors (Lipinski definition) is 3. The molecule has 0 aliphatic rings. The Balaban J connectivity index is 2.17. The number of nitrogens with zero attached hydrogens (tertiary/aromatic N) is 1. The summed E-state index contributed by atoms with van der Waals surface area (Å²) in [6, 6.07) is 5.05. The van der Waals surface area contributed by atoms with E-state index in [-0.39, 0.29) is 18.0 Å². The fraction of sp³-hybridized carbons (Fsp3) is 0.571. The van der Waals surface area contributed by atoms with Crippen LogP contribution in [-0.2, 0) is 4.74 Å². The zero-order chi connectivity index (χ0) is 19.5. The molecule has 0 bridgehead atoms. The van der Waals surface area contributed by atoms with Crippen molar-refractivity contribution in [2.24, 2.45) is 0 Å². The van der Waals surface area contributed by atoms with E-state index in [4.69, 9.17) is 4.74 Å². The second kappa shape index (κ2) is 8.38. The normalized spacial score (nSPS) is 14.3. The van der Waals surface area contributed by atoms with E-state index >= 15 is 0 Å². The van der Waals surface area contributed by atoms with Gasteiger partial charge in [0.25, 0.3) is 0 Å². The average molecular weight is 380 g/mol. The number of carbonyl (C=O) groups excluding carboxylic acids is 1. The van der Waals surface area contributed by atoms with E-state index < -0.39 is 5.60 Å². The van der Waals surface area contributed by atoms with Gasteiger partial charge in [0, 0.05) is 17.8 Å². The molecule has 0 saturated heterocycles. The fourth-order valence-corrected chi connectivity index (χ4v) is 4.24. The number of thiophene rings is 1. The Morgan fingerprint density at radius 1 is 1.35 bits per heavy atom. The number of halogens is 1. The molecule has 5 heteroatoms. The molecule has 0 radical (unpaired) electrons. The van der Waals surface area contributed by atoms with Crippen molar-refractivity contribution in [2.75, 3.05) is 7.05 Å². The Kier molecular flexibility index (Phi) is 6.67. The first-order chi connectivity index (χ1) is 12.1. The highest BCUT2D eigenvalue weighted by Crippen LogP contribution is 2.37. The van der Waals surface area contributed by atoms with Gasteiger partial charge in [0.1, 0.15) is 11.4 Å². The van der Waals surface area contributed by atoms with E-state index in [0.717, 1.165) is 29.3 Å². The summed E-state index contributed by atoms with van der Waals surface area (Å²) in [5.74, 6) is 0.134. The third kappa shape index (κ3) is 5.19. The Morgan fingerprint density at radius 2 is 2.04 bits per heavy atom. The van der Waals surface area contributed by atoms with Crippen molar-refractivity contribution in [2.45, 2.75) is 71.4 Å². The van der Waals surface area contributed by atoms with E-state index in [1.807, 2.05) is 26.8 Å². The maximum atomic E-state index is 13.5. The van der Waals surface area contributed by atoms with Crippen molar-refractivity contribution < 1.29 is 13.9 Å². The molecule has 2 aromatic rings. The predicted octanol–water partition coefficient (Wildman–Crippen LogP) is 6.57. The number of amides is 1. The van der Waals surface area contributed by atoms with Crippen LogP contribution in [0.5, 0.6) is 0 Å². The smallest absolute Gasteiger partial charge is 0.410 e. The average Bonchev–Trinajstić information content (AvgIpc) is 2.94. The van der Waals surface area contributed by atoms with Crippen molar-refractivity contribution in [1.82, 2.24) is 4.90 Å². The molecular formula is C21H30FNO2S. The van der Waals surface area contributed by atoms with Crippen LogP contribution in [0.2, 0.25) is 0 Å². The van der Waals surface area contributed by atoms with Gasteiger partial charge in [-0.05, 0) is 74.9 Å². The Labute approximate surface area is 160 Å². The van der Waals surface area contributed by atoms with Crippen molar-refractivity contribution in [1.29, 1.82) is 0 Å². The molecule has 1 aromatic heterocycles. The first-order valence-electron chi connectivity index (χ1n) is 9.24. The molecule has 0 aliphatic heterocycles. The molecular weight excluding hydrogens is 349 g/mol. The van der Waals surface area contributed by atoms with E-state index in [1.165, 1.54) is 11.6 Å². The standard InChI is InChI=1S/C21H30FNO2S/c1-7-8-15(11-14(2)23(6)20(24)25-21(3,4)5)18-13-26-19-12-16(22)9-10-17(18)19/h9-10,12-15H,7-8,11H2,1-6H3. The molecule has 26 heavy (non-hydrogen) atoms.